The van der Waals surface area contributed by atoms with Crippen molar-refractivity contribution in [2.45, 2.75) is 33.1 Å². The Morgan fingerprint density at radius 1 is 1.50 bits per heavy atom. The lowest BCUT2D eigenvalue weighted by Gasteiger charge is -2.33. The van der Waals surface area contributed by atoms with Crippen molar-refractivity contribution in [1.82, 2.24) is 5.32 Å². The largest absolute Gasteiger partial charge is 0.481 e. The van der Waals surface area contributed by atoms with E-state index in [0.717, 1.165) is 25.0 Å². The van der Waals surface area contributed by atoms with Gasteiger partial charge in [-0.25, -0.2) is 0 Å². The molecule has 0 saturated heterocycles. The molecule has 0 aromatic carbocycles. The summed E-state index contributed by atoms with van der Waals surface area (Å²) in [7, 11) is 0. The van der Waals surface area contributed by atoms with Crippen LogP contribution in [0.1, 0.15) is 33.1 Å². The molecule has 2 N–H and O–H groups in total. The van der Waals surface area contributed by atoms with Gasteiger partial charge in [-0.1, -0.05) is 31.6 Å². The summed E-state index contributed by atoms with van der Waals surface area (Å²) in [6, 6.07) is 0. The van der Waals surface area contributed by atoms with Crippen molar-refractivity contribution in [2.75, 3.05) is 6.54 Å². The maximum Gasteiger partial charge on any atom is 0.307 e. The van der Waals surface area contributed by atoms with Gasteiger partial charge in [0.25, 0.3) is 0 Å². The van der Waals surface area contributed by atoms with Gasteiger partial charge in [0.1, 0.15) is 0 Å². The van der Waals surface area contributed by atoms with Crippen LogP contribution in [0.25, 0.3) is 0 Å². The van der Waals surface area contributed by atoms with E-state index in [1.807, 2.05) is 24.6 Å². The fourth-order valence-corrected chi connectivity index (χ4v) is 2.41. The maximum atomic E-state index is 10.7. The topological polar surface area (TPSA) is 61.7 Å². The van der Waals surface area contributed by atoms with Gasteiger partial charge in [0.2, 0.25) is 0 Å². The minimum atomic E-state index is -0.756. The molecule has 0 aromatic rings. The molecule has 0 bridgehead atoms. The maximum absolute atomic E-state index is 10.7. The first kappa shape index (κ1) is 14.6. The monoisotopic (exact) mass is 274 g/mol. The Kier molecular flexibility index (Phi) is 4.42. The molecule has 1 aliphatic heterocycles. The van der Waals surface area contributed by atoms with Gasteiger partial charge in [-0.15, -0.1) is 0 Å². The molecule has 2 aliphatic rings. The molecule has 0 radical (unpaired) electrons. The summed E-state index contributed by atoms with van der Waals surface area (Å²) >= 11 is 0. The zero-order valence-electron chi connectivity index (χ0n) is 12.1. The van der Waals surface area contributed by atoms with Crippen LogP contribution in [0.2, 0.25) is 0 Å². The number of rotatable bonds is 5. The molecule has 0 spiro atoms. The highest BCUT2D eigenvalue weighted by molar-refractivity contribution is 5.70. The molecule has 4 nitrogen and oxygen atoms in total. The van der Waals surface area contributed by atoms with E-state index in [9.17, 15) is 4.79 Å². The predicted molar refractivity (Wildman–Crippen MR) is 80.6 cm³/mol. The molecule has 1 heterocycles. The highest BCUT2D eigenvalue weighted by Crippen LogP contribution is 2.30. The smallest absolute Gasteiger partial charge is 0.307 e. The van der Waals surface area contributed by atoms with Gasteiger partial charge in [-0.05, 0) is 18.9 Å². The molecule has 20 heavy (non-hydrogen) atoms. The van der Waals surface area contributed by atoms with Crippen molar-refractivity contribution in [3.63, 3.8) is 0 Å². The fourth-order valence-electron chi connectivity index (χ4n) is 2.41. The van der Waals surface area contributed by atoms with Crippen LogP contribution in [0.3, 0.4) is 0 Å². The van der Waals surface area contributed by atoms with Crippen molar-refractivity contribution < 1.29 is 9.90 Å². The number of carboxylic acids is 1. The van der Waals surface area contributed by atoms with Crippen molar-refractivity contribution in [3.8, 4) is 0 Å². The molecule has 2 rings (SSSR count). The van der Waals surface area contributed by atoms with Gasteiger partial charge in [0, 0.05) is 36.0 Å². The van der Waals surface area contributed by atoms with E-state index in [1.165, 1.54) is 5.70 Å². The second-order valence-electron chi connectivity index (χ2n) is 5.85. The highest BCUT2D eigenvalue weighted by Gasteiger charge is 2.29. The molecule has 2 unspecified atom stereocenters. The minimum Gasteiger partial charge on any atom is -0.481 e. The lowest BCUT2D eigenvalue weighted by Crippen LogP contribution is -2.37. The Morgan fingerprint density at radius 3 is 2.90 bits per heavy atom. The Labute approximate surface area is 120 Å². The van der Waals surface area contributed by atoms with E-state index in [0.29, 0.717) is 5.92 Å². The van der Waals surface area contributed by atoms with Crippen LogP contribution in [0.15, 0.2) is 40.7 Å². The zero-order valence-corrected chi connectivity index (χ0v) is 12.1. The van der Waals surface area contributed by atoms with Crippen molar-refractivity contribution in [3.05, 3.63) is 35.7 Å². The first-order valence-corrected chi connectivity index (χ1v) is 7.05. The van der Waals surface area contributed by atoms with Gasteiger partial charge in [-0.2, -0.15) is 0 Å². The fraction of sp³-hybridized carbons (Fsp3) is 0.500. The van der Waals surface area contributed by atoms with Crippen LogP contribution in [-0.2, 0) is 4.79 Å². The first-order chi connectivity index (χ1) is 9.49. The number of nitrogens with one attached hydrogen (secondary N) is 1. The number of hydrogen-bond donors (Lipinski definition) is 2. The van der Waals surface area contributed by atoms with Crippen LogP contribution in [0.4, 0.5) is 0 Å². The quantitative estimate of drug-likeness (QED) is 0.810. The molecule has 0 saturated carbocycles. The Hall–Kier alpha value is -1.84. The summed E-state index contributed by atoms with van der Waals surface area (Å²) in [5.41, 5.74) is 2.25. The third kappa shape index (κ3) is 3.59. The third-order valence-corrected chi connectivity index (χ3v) is 4.20. The minimum absolute atomic E-state index is 0.0770. The molecule has 2 atom stereocenters. The van der Waals surface area contributed by atoms with Crippen molar-refractivity contribution >= 4 is 12.2 Å². The number of allylic oxidation sites excluding steroid dienone is 3. The molecule has 0 amide bonds. The number of carbonyl (C=O) groups is 1. The Balaban J connectivity index is 1.91. The predicted octanol–water partition coefficient (Wildman–Crippen LogP) is 2.90. The average molecular weight is 274 g/mol. The summed E-state index contributed by atoms with van der Waals surface area (Å²) in [6.07, 6.45) is 11.8. The summed E-state index contributed by atoms with van der Waals surface area (Å²) < 4.78 is 0. The van der Waals surface area contributed by atoms with Crippen LogP contribution in [-0.4, -0.2) is 23.8 Å². The summed E-state index contributed by atoms with van der Waals surface area (Å²) in [4.78, 5) is 14.8. The van der Waals surface area contributed by atoms with Crippen LogP contribution < -0.4 is 5.32 Å². The highest BCUT2D eigenvalue weighted by atomic mass is 16.4. The number of hydrogen-bond acceptors (Lipinski definition) is 3. The first-order valence-electron chi connectivity index (χ1n) is 7.05. The Bertz CT molecular complexity index is 503. The average Bonchev–Trinajstić information content (AvgIpc) is 2.41. The molecular formula is C16H22N2O2. The van der Waals surface area contributed by atoms with Gasteiger partial charge >= 0.3 is 5.97 Å². The Morgan fingerprint density at radius 2 is 2.30 bits per heavy atom. The second kappa shape index (κ2) is 6.07. The lowest BCUT2D eigenvalue weighted by molar-refractivity contribution is -0.136. The van der Waals surface area contributed by atoms with Gasteiger partial charge < -0.3 is 10.4 Å². The van der Waals surface area contributed by atoms with E-state index in [1.54, 1.807) is 0 Å². The summed E-state index contributed by atoms with van der Waals surface area (Å²) in [5.74, 6) is -0.351. The van der Waals surface area contributed by atoms with E-state index < -0.39 is 5.97 Å². The summed E-state index contributed by atoms with van der Waals surface area (Å²) in [5, 5.41) is 12.3. The van der Waals surface area contributed by atoms with E-state index in [2.05, 4.69) is 30.2 Å². The van der Waals surface area contributed by atoms with Crippen LogP contribution in [0.5, 0.6) is 0 Å². The molecule has 0 aromatic heterocycles. The molecule has 0 fully saturated rings. The zero-order chi connectivity index (χ0) is 14.6. The SMILES string of the molecule is CC1C=NC=CC1(C)CNC1=CC=C(CC(=O)O)CC1. The molecule has 1 aliphatic carbocycles. The normalized spacial score (nSPS) is 28.8. The number of nitrogens with zero attached hydrogens (tertiary/aromatic N) is 1. The van der Waals surface area contributed by atoms with E-state index >= 15 is 0 Å². The van der Waals surface area contributed by atoms with Gasteiger partial charge in [0.15, 0.2) is 0 Å². The molecular weight excluding hydrogens is 252 g/mol. The summed E-state index contributed by atoms with van der Waals surface area (Å²) in [6.45, 7) is 5.26. The second-order valence-corrected chi connectivity index (χ2v) is 5.85. The third-order valence-electron chi connectivity index (χ3n) is 4.20. The van der Waals surface area contributed by atoms with Gasteiger partial charge in [-0.3, -0.25) is 9.79 Å². The molecule has 4 heteroatoms. The van der Waals surface area contributed by atoms with Gasteiger partial charge in [0.05, 0.1) is 6.42 Å². The van der Waals surface area contributed by atoms with Crippen molar-refractivity contribution in [1.29, 1.82) is 0 Å². The van der Waals surface area contributed by atoms with Crippen LogP contribution >= 0.6 is 0 Å². The number of aliphatic imine (C=N–C) groups is 1. The molecule has 108 valence electrons. The van der Waals surface area contributed by atoms with Crippen molar-refractivity contribution in [2.24, 2.45) is 16.3 Å². The number of aliphatic carboxylic acids is 1. The van der Waals surface area contributed by atoms with E-state index in [-0.39, 0.29) is 11.8 Å². The standard InChI is InChI=1S/C16H22N2O2/c1-12-10-17-8-7-16(12,2)11-18-14-5-3-13(4-6-14)9-15(19)20/h3,5,7-8,10,12,18H,4,6,9,11H2,1-2H3,(H,19,20). The number of carboxylic acid groups (broad SMARTS) is 1. The lowest BCUT2D eigenvalue weighted by atomic mass is 9.77. The van der Waals surface area contributed by atoms with Crippen LogP contribution in [0, 0.1) is 11.3 Å². The van der Waals surface area contributed by atoms with E-state index in [4.69, 9.17) is 5.11 Å².